The van der Waals surface area contributed by atoms with Gasteiger partial charge in [-0.3, -0.25) is 4.79 Å². The number of hydrogen-bond donors (Lipinski definition) is 0. The molecule has 100 valence electrons. The van der Waals surface area contributed by atoms with Crippen molar-refractivity contribution in [1.29, 1.82) is 0 Å². The summed E-state index contributed by atoms with van der Waals surface area (Å²) in [4.78, 5) is 15.9. The predicted octanol–water partition coefficient (Wildman–Crippen LogP) is 3.80. The summed E-state index contributed by atoms with van der Waals surface area (Å²) in [6, 6.07) is 5.95. The number of rotatable bonds is 2. The van der Waals surface area contributed by atoms with Gasteiger partial charge in [-0.1, -0.05) is 6.92 Å². The molecule has 1 aliphatic rings. The van der Waals surface area contributed by atoms with Crippen LogP contribution in [0.3, 0.4) is 0 Å². The fourth-order valence-corrected chi connectivity index (χ4v) is 3.70. The summed E-state index contributed by atoms with van der Waals surface area (Å²) < 4.78 is 5.47. The Kier molecular flexibility index (Phi) is 3.19. The Bertz CT molecular complexity index is 599. The van der Waals surface area contributed by atoms with E-state index < -0.39 is 0 Å². The highest BCUT2D eigenvalue weighted by Gasteiger charge is 2.31. The van der Waals surface area contributed by atoms with Crippen molar-refractivity contribution in [2.24, 2.45) is 0 Å². The molecule has 0 N–H and O–H groups in total. The van der Waals surface area contributed by atoms with Gasteiger partial charge >= 0.3 is 0 Å². The van der Waals surface area contributed by atoms with Crippen LogP contribution in [0.15, 0.2) is 28.0 Å². The van der Waals surface area contributed by atoms with Gasteiger partial charge in [0.2, 0.25) is 0 Å². The Labute approximate surface area is 116 Å². The van der Waals surface area contributed by atoms with Crippen LogP contribution in [0.5, 0.6) is 0 Å². The molecule has 2 aromatic rings. The normalized spacial score (nSPS) is 18.4. The highest BCUT2D eigenvalue weighted by Crippen LogP contribution is 2.36. The van der Waals surface area contributed by atoms with E-state index in [2.05, 4.69) is 18.4 Å². The second kappa shape index (κ2) is 4.85. The molecular weight excluding hydrogens is 258 g/mol. The Morgan fingerprint density at radius 2 is 2.32 bits per heavy atom. The molecule has 0 saturated carbocycles. The third-order valence-corrected chi connectivity index (χ3v) is 4.69. The van der Waals surface area contributed by atoms with Gasteiger partial charge in [0.1, 0.15) is 5.76 Å². The molecule has 2 aromatic heterocycles. The highest BCUT2D eigenvalue weighted by molar-refractivity contribution is 7.10. The van der Waals surface area contributed by atoms with Crippen LogP contribution >= 0.6 is 11.3 Å². The number of fused-ring (bicyclic) bond motifs is 1. The van der Waals surface area contributed by atoms with E-state index in [4.69, 9.17) is 4.42 Å². The van der Waals surface area contributed by atoms with Crippen LogP contribution in [-0.4, -0.2) is 17.4 Å². The topological polar surface area (TPSA) is 33.5 Å². The lowest BCUT2D eigenvalue weighted by Crippen LogP contribution is -2.39. The van der Waals surface area contributed by atoms with Crippen molar-refractivity contribution in [3.63, 3.8) is 0 Å². The Balaban J connectivity index is 1.91. The fraction of sp³-hybridized carbons (Fsp3) is 0.400. The average molecular weight is 275 g/mol. The number of carbonyl (C=O) groups is 1. The SMILES string of the molecule is CC[C@@H]1c2ccsc2CCN1C(=O)c1ccc(C)o1. The molecule has 0 aliphatic carbocycles. The largest absolute Gasteiger partial charge is 0.456 e. The van der Waals surface area contributed by atoms with Crippen molar-refractivity contribution in [3.8, 4) is 0 Å². The van der Waals surface area contributed by atoms with Crippen LogP contribution in [0.2, 0.25) is 0 Å². The molecule has 1 aliphatic heterocycles. The van der Waals surface area contributed by atoms with E-state index >= 15 is 0 Å². The summed E-state index contributed by atoms with van der Waals surface area (Å²) in [6.45, 7) is 4.77. The zero-order valence-corrected chi connectivity index (χ0v) is 12.0. The van der Waals surface area contributed by atoms with E-state index in [1.54, 1.807) is 17.4 Å². The summed E-state index contributed by atoms with van der Waals surface area (Å²) >= 11 is 1.80. The number of hydrogen-bond acceptors (Lipinski definition) is 3. The molecule has 0 unspecified atom stereocenters. The van der Waals surface area contributed by atoms with Gasteiger partial charge in [-0.2, -0.15) is 0 Å². The molecule has 3 nitrogen and oxygen atoms in total. The second-order valence-electron chi connectivity index (χ2n) is 4.88. The molecule has 0 spiro atoms. The molecule has 19 heavy (non-hydrogen) atoms. The number of nitrogens with zero attached hydrogens (tertiary/aromatic N) is 1. The molecule has 3 heterocycles. The summed E-state index contributed by atoms with van der Waals surface area (Å²) in [5.74, 6) is 1.25. The van der Waals surface area contributed by atoms with E-state index in [1.807, 2.05) is 17.9 Å². The minimum absolute atomic E-state index is 0.0109. The van der Waals surface area contributed by atoms with Gasteiger partial charge in [-0.25, -0.2) is 0 Å². The summed E-state index contributed by atoms with van der Waals surface area (Å²) in [6.07, 6.45) is 1.89. The molecule has 0 aromatic carbocycles. The predicted molar refractivity (Wildman–Crippen MR) is 75.5 cm³/mol. The van der Waals surface area contributed by atoms with Crippen molar-refractivity contribution in [3.05, 3.63) is 45.5 Å². The first kappa shape index (κ1) is 12.5. The molecule has 0 fully saturated rings. The van der Waals surface area contributed by atoms with Crippen LogP contribution in [0.25, 0.3) is 0 Å². The average Bonchev–Trinajstić information content (AvgIpc) is 3.04. The van der Waals surface area contributed by atoms with E-state index in [9.17, 15) is 4.79 Å². The van der Waals surface area contributed by atoms with Crippen LogP contribution in [-0.2, 0) is 6.42 Å². The molecule has 4 heteroatoms. The maximum atomic E-state index is 12.5. The fourth-order valence-electron chi connectivity index (χ4n) is 2.77. The van der Waals surface area contributed by atoms with E-state index in [0.29, 0.717) is 5.76 Å². The van der Waals surface area contributed by atoms with Gasteiger partial charge in [0.05, 0.1) is 6.04 Å². The lowest BCUT2D eigenvalue weighted by Gasteiger charge is -2.34. The molecule has 0 saturated heterocycles. The van der Waals surface area contributed by atoms with Crippen LogP contribution in [0.1, 0.15) is 46.1 Å². The second-order valence-corrected chi connectivity index (χ2v) is 5.88. The number of thiophene rings is 1. The lowest BCUT2D eigenvalue weighted by molar-refractivity contribution is 0.0623. The number of amides is 1. The number of furan rings is 1. The first-order valence-electron chi connectivity index (χ1n) is 6.64. The summed E-state index contributed by atoms with van der Waals surface area (Å²) in [5.41, 5.74) is 1.32. The monoisotopic (exact) mass is 275 g/mol. The molecule has 3 rings (SSSR count). The van der Waals surface area contributed by atoms with Gasteiger partial charge in [0.25, 0.3) is 5.91 Å². The smallest absolute Gasteiger partial charge is 0.290 e. The first-order chi connectivity index (χ1) is 9.20. The highest BCUT2D eigenvalue weighted by atomic mass is 32.1. The van der Waals surface area contributed by atoms with Crippen LogP contribution in [0, 0.1) is 6.92 Å². The van der Waals surface area contributed by atoms with E-state index in [1.165, 1.54) is 10.4 Å². The quantitative estimate of drug-likeness (QED) is 0.835. The van der Waals surface area contributed by atoms with Crippen molar-refractivity contribution >= 4 is 17.2 Å². The maximum absolute atomic E-state index is 12.5. The molecule has 1 atom stereocenters. The standard InChI is InChI=1S/C15H17NO2S/c1-3-12-11-7-9-19-14(11)6-8-16(12)15(17)13-5-4-10(2)18-13/h4-5,7,9,12H,3,6,8H2,1-2H3/t12-/m1/s1. The van der Waals surface area contributed by atoms with Crippen molar-refractivity contribution in [2.45, 2.75) is 32.7 Å². The molecule has 0 bridgehead atoms. The molecular formula is C15H17NO2S. The third kappa shape index (κ3) is 2.10. The minimum Gasteiger partial charge on any atom is -0.456 e. The van der Waals surface area contributed by atoms with Crippen molar-refractivity contribution in [1.82, 2.24) is 4.90 Å². The number of carbonyl (C=O) groups excluding carboxylic acids is 1. The van der Waals surface area contributed by atoms with E-state index in [0.717, 1.165) is 25.1 Å². The zero-order chi connectivity index (χ0) is 13.4. The third-order valence-electron chi connectivity index (χ3n) is 3.69. The molecule has 0 radical (unpaired) electrons. The number of aryl methyl sites for hydroxylation is 1. The van der Waals surface area contributed by atoms with Crippen molar-refractivity contribution in [2.75, 3.05) is 6.54 Å². The molecule has 1 amide bonds. The van der Waals surface area contributed by atoms with Gasteiger partial charge < -0.3 is 9.32 Å². The maximum Gasteiger partial charge on any atom is 0.290 e. The van der Waals surface area contributed by atoms with Gasteiger partial charge in [0, 0.05) is 11.4 Å². The Hall–Kier alpha value is -1.55. The van der Waals surface area contributed by atoms with Gasteiger partial charge in [0.15, 0.2) is 5.76 Å². The zero-order valence-electron chi connectivity index (χ0n) is 11.2. The first-order valence-corrected chi connectivity index (χ1v) is 7.52. The van der Waals surface area contributed by atoms with Crippen LogP contribution < -0.4 is 0 Å². The minimum atomic E-state index is 0.0109. The summed E-state index contributed by atoms with van der Waals surface area (Å²) in [7, 11) is 0. The summed E-state index contributed by atoms with van der Waals surface area (Å²) in [5, 5.41) is 2.12. The van der Waals surface area contributed by atoms with Gasteiger partial charge in [-0.05, 0) is 48.9 Å². The Morgan fingerprint density at radius 3 is 3.00 bits per heavy atom. The van der Waals surface area contributed by atoms with Gasteiger partial charge in [-0.15, -0.1) is 11.3 Å². The lowest BCUT2D eigenvalue weighted by atomic mass is 9.97. The van der Waals surface area contributed by atoms with E-state index in [-0.39, 0.29) is 11.9 Å². The van der Waals surface area contributed by atoms with Crippen LogP contribution in [0.4, 0.5) is 0 Å². The van der Waals surface area contributed by atoms with Crippen molar-refractivity contribution < 1.29 is 9.21 Å². The Morgan fingerprint density at radius 1 is 1.47 bits per heavy atom.